The van der Waals surface area contributed by atoms with Crippen molar-refractivity contribution >= 4 is 50.2 Å². The second-order valence-corrected chi connectivity index (χ2v) is 8.59. The van der Waals surface area contributed by atoms with Crippen LogP contribution < -0.4 is 10.1 Å². The molecule has 0 bridgehead atoms. The SMILES string of the molecule is C[C@@H]1CN(C)Cc2nc3cc(C(=O)Nc4ccc(OC(F)(F)Cl)cc4)cc(Br)c3n21. The molecule has 6 nitrogen and oxygen atoms in total. The summed E-state index contributed by atoms with van der Waals surface area (Å²) < 4.78 is 32.6. The third-order valence-electron chi connectivity index (χ3n) is 4.85. The van der Waals surface area contributed by atoms with Crippen molar-refractivity contribution in [1.82, 2.24) is 14.5 Å². The first-order valence-corrected chi connectivity index (χ1v) is 10.3. The third-order valence-corrected chi connectivity index (χ3v) is 5.53. The number of nitrogens with zero attached hydrogens (tertiary/aromatic N) is 3. The van der Waals surface area contributed by atoms with Crippen LogP contribution in [0.25, 0.3) is 11.0 Å². The van der Waals surface area contributed by atoms with Gasteiger partial charge in [-0.2, -0.15) is 0 Å². The van der Waals surface area contributed by atoms with Gasteiger partial charge in [0.05, 0.1) is 17.6 Å². The maximum Gasteiger partial charge on any atom is 0.487 e. The minimum Gasteiger partial charge on any atom is -0.420 e. The van der Waals surface area contributed by atoms with Crippen LogP contribution in [0.4, 0.5) is 14.5 Å². The number of fused-ring (bicyclic) bond motifs is 3. The Morgan fingerprint density at radius 2 is 2.03 bits per heavy atom. The highest BCUT2D eigenvalue weighted by Crippen LogP contribution is 2.33. The predicted molar refractivity (Wildman–Crippen MR) is 114 cm³/mol. The Kier molecular flexibility index (Phi) is 5.46. The van der Waals surface area contributed by atoms with E-state index in [0.29, 0.717) is 11.3 Å². The topological polar surface area (TPSA) is 59.4 Å². The first-order chi connectivity index (χ1) is 14.1. The van der Waals surface area contributed by atoms with E-state index in [1.807, 2.05) is 0 Å². The van der Waals surface area contributed by atoms with Crippen molar-refractivity contribution in [2.75, 3.05) is 18.9 Å². The molecule has 1 atom stereocenters. The van der Waals surface area contributed by atoms with Gasteiger partial charge in [0.15, 0.2) is 0 Å². The average Bonchev–Trinajstić information content (AvgIpc) is 3.01. The molecule has 0 unspecified atom stereocenters. The molecule has 1 N–H and O–H groups in total. The van der Waals surface area contributed by atoms with Crippen LogP contribution in [-0.2, 0) is 6.54 Å². The molecule has 30 heavy (non-hydrogen) atoms. The number of aromatic nitrogens is 2. The first kappa shape index (κ1) is 21.0. The van der Waals surface area contributed by atoms with Gasteiger partial charge in [-0.1, -0.05) is 0 Å². The predicted octanol–water partition coefficient (Wildman–Crippen LogP) is 5.23. The van der Waals surface area contributed by atoms with E-state index in [-0.39, 0.29) is 17.7 Å². The highest BCUT2D eigenvalue weighted by Gasteiger charge is 2.28. The summed E-state index contributed by atoms with van der Waals surface area (Å²) >= 11 is 8.33. The molecule has 1 amide bonds. The molecule has 158 valence electrons. The molecule has 1 aromatic heterocycles. The Hall–Kier alpha value is -2.23. The van der Waals surface area contributed by atoms with E-state index in [1.54, 1.807) is 12.1 Å². The van der Waals surface area contributed by atoms with Gasteiger partial charge < -0.3 is 14.6 Å². The summed E-state index contributed by atoms with van der Waals surface area (Å²) in [6, 6.07) is 9.27. The van der Waals surface area contributed by atoms with Crippen molar-refractivity contribution < 1.29 is 18.3 Å². The molecule has 1 aliphatic heterocycles. The Morgan fingerprint density at radius 3 is 2.70 bits per heavy atom. The Bertz CT molecular complexity index is 1110. The number of rotatable bonds is 4. The fourth-order valence-electron chi connectivity index (χ4n) is 3.73. The molecular weight excluding hydrogens is 482 g/mol. The van der Waals surface area contributed by atoms with Gasteiger partial charge in [0.1, 0.15) is 11.6 Å². The average molecular weight is 500 g/mol. The smallest absolute Gasteiger partial charge is 0.420 e. The van der Waals surface area contributed by atoms with Crippen molar-refractivity contribution in [3.8, 4) is 5.75 Å². The third kappa shape index (κ3) is 4.28. The number of hydrogen-bond acceptors (Lipinski definition) is 4. The van der Waals surface area contributed by atoms with Crippen LogP contribution in [-0.4, -0.2) is 39.5 Å². The summed E-state index contributed by atoms with van der Waals surface area (Å²) in [5.41, 5.74) is -1.23. The Morgan fingerprint density at radius 1 is 1.33 bits per heavy atom. The van der Waals surface area contributed by atoms with Crippen LogP contribution in [0.1, 0.15) is 29.1 Å². The minimum atomic E-state index is -3.79. The summed E-state index contributed by atoms with van der Waals surface area (Å²) in [6.07, 6.45) is 0. The van der Waals surface area contributed by atoms with Gasteiger partial charge in [-0.15, -0.1) is 8.78 Å². The lowest BCUT2D eigenvalue weighted by Gasteiger charge is -2.29. The van der Waals surface area contributed by atoms with Gasteiger partial charge in [-0.3, -0.25) is 9.69 Å². The van der Waals surface area contributed by atoms with Gasteiger partial charge in [0.25, 0.3) is 5.91 Å². The van der Waals surface area contributed by atoms with Crippen LogP contribution in [0.3, 0.4) is 0 Å². The molecule has 2 heterocycles. The molecule has 1 aliphatic rings. The summed E-state index contributed by atoms with van der Waals surface area (Å²) in [4.78, 5) is 19.7. The molecule has 10 heteroatoms. The second-order valence-electron chi connectivity index (χ2n) is 7.30. The number of benzene rings is 2. The lowest BCUT2D eigenvalue weighted by atomic mass is 10.1. The zero-order chi connectivity index (χ0) is 21.6. The van der Waals surface area contributed by atoms with Crippen molar-refractivity contribution in [3.05, 3.63) is 52.3 Å². The molecule has 2 aromatic carbocycles. The molecule has 0 radical (unpaired) electrons. The van der Waals surface area contributed by atoms with Crippen LogP contribution in [0.15, 0.2) is 40.9 Å². The quantitative estimate of drug-likeness (QED) is 0.500. The Labute approximate surface area is 184 Å². The van der Waals surface area contributed by atoms with Crippen LogP contribution in [0.2, 0.25) is 0 Å². The maximum absolute atomic E-state index is 12.7. The van der Waals surface area contributed by atoms with Crippen LogP contribution in [0, 0.1) is 0 Å². The van der Waals surface area contributed by atoms with Crippen LogP contribution >= 0.6 is 27.5 Å². The zero-order valence-corrected chi connectivity index (χ0v) is 18.5. The van der Waals surface area contributed by atoms with Crippen molar-refractivity contribution in [2.24, 2.45) is 0 Å². The van der Waals surface area contributed by atoms with E-state index in [2.05, 4.69) is 49.4 Å². The normalized spacial score (nSPS) is 17.1. The zero-order valence-electron chi connectivity index (χ0n) is 16.1. The molecule has 4 rings (SSSR count). The molecule has 0 spiro atoms. The van der Waals surface area contributed by atoms with E-state index >= 15 is 0 Å². The molecule has 0 saturated carbocycles. The van der Waals surface area contributed by atoms with E-state index in [0.717, 1.165) is 34.4 Å². The number of hydrogen-bond donors (Lipinski definition) is 1. The van der Waals surface area contributed by atoms with Crippen LogP contribution in [0.5, 0.6) is 5.75 Å². The largest absolute Gasteiger partial charge is 0.487 e. The highest BCUT2D eigenvalue weighted by atomic mass is 79.9. The molecule has 0 aliphatic carbocycles. The summed E-state index contributed by atoms with van der Waals surface area (Å²) in [6.45, 7) is 3.80. The standard InChI is InChI=1S/C20H18BrClF2N4O2/c1-11-9-27(2)10-17-26-16-8-12(7-15(21)18(16)28(11)17)19(29)25-13-3-5-14(6-4-13)30-20(22,23)24/h3-8,11H,9-10H2,1-2H3,(H,25,29)/t11-/m1/s1. The van der Waals surface area contributed by atoms with Crippen molar-refractivity contribution in [2.45, 2.75) is 25.1 Å². The molecular formula is C20H18BrClF2N4O2. The van der Waals surface area contributed by atoms with Gasteiger partial charge >= 0.3 is 5.57 Å². The van der Waals surface area contributed by atoms with Crippen molar-refractivity contribution in [3.63, 3.8) is 0 Å². The Balaban J connectivity index is 1.58. The van der Waals surface area contributed by atoms with E-state index < -0.39 is 5.57 Å². The van der Waals surface area contributed by atoms with Gasteiger partial charge in [-0.25, -0.2) is 4.98 Å². The number of halogens is 4. The molecule has 3 aromatic rings. The number of alkyl halides is 3. The fourth-order valence-corrected chi connectivity index (χ4v) is 4.46. The highest BCUT2D eigenvalue weighted by molar-refractivity contribution is 9.10. The lowest BCUT2D eigenvalue weighted by molar-refractivity contribution is -0.0964. The number of imidazole rings is 1. The first-order valence-electron chi connectivity index (χ1n) is 9.17. The fraction of sp³-hybridized carbons (Fsp3) is 0.300. The molecule has 0 fully saturated rings. The minimum absolute atomic E-state index is 0.111. The number of likely N-dealkylation sites (N-methyl/N-ethyl adjacent to an activating group) is 1. The van der Waals surface area contributed by atoms with E-state index in [1.165, 1.54) is 24.3 Å². The van der Waals surface area contributed by atoms with E-state index in [9.17, 15) is 13.6 Å². The van der Waals surface area contributed by atoms with E-state index in [4.69, 9.17) is 16.6 Å². The monoisotopic (exact) mass is 498 g/mol. The number of amides is 1. The number of nitrogens with one attached hydrogen (secondary N) is 1. The van der Waals surface area contributed by atoms with Gasteiger partial charge in [0, 0.05) is 39.9 Å². The summed E-state index contributed by atoms with van der Waals surface area (Å²) in [5.74, 6) is 0.501. The van der Waals surface area contributed by atoms with Gasteiger partial charge in [0.2, 0.25) is 0 Å². The number of carbonyl (C=O) groups excluding carboxylic acids is 1. The van der Waals surface area contributed by atoms with Crippen molar-refractivity contribution in [1.29, 1.82) is 0 Å². The second kappa shape index (κ2) is 7.79. The summed E-state index contributed by atoms with van der Waals surface area (Å²) in [7, 11) is 2.05. The number of anilines is 1. The van der Waals surface area contributed by atoms with Gasteiger partial charge in [-0.05, 0) is 66.3 Å². The maximum atomic E-state index is 12.7. The number of ether oxygens (including phenoxy) is 1. The summed E-state index contributed by atoms with van der Waals surface area (Å²) in [5, 5.41) is 2.74. The lowest BCUT2D eigenvalue weighted by Crippen LogP contribution is -2.33. The number of carbonyl (C=O) groups is 1. The molecule has 0 saturated heterocycles.